The maximum Gasteiger partial charge on any atom is 0.303 e. The largest absolute Gasteiger partial charge is 0.481 e. The van der Waals surface area contributed by atoms with Gasteiger partial charge in [-0.3, -0.25) is 4.79 Å². The molecule has 1 fully saturated rings. The lowest BCUT2D eigenvalue weighted by molar-refractivity contribution is -0.140. The molecule has 7 heteroatoms. The number of thiophene rings is 1. The van der Waals surface area contributed by atoms with Crippen molar-refractivity contribution in [3.63, 3.8) is 0 Å². The summed E-state index contributed by atoms with van der Waals surface area (Å²) in [4.78, 5) is 11.1. The molecule has 0 aromatic carbocycles. The molecule has 0 amide bonds. The van der Waals surface area contributed by atoms with Crippen LogP contribution in [0.4, 0.5) is 0 Å². The van der Waals surface area contributed by atoms with Crippen LogP contribution in [0.1, 0.15) is 38.5 Å². The van der Waals surface area contributed by atoms with Gasteiger partial charge < -0.3 is 5.11 Å². The Bertz CT molecular complexity index is 545. The van der Waals surface area contributed by atoms with E-state index in [1.165, 1.54) is 0 Å². The van der Waals surface area contributed by atoms with Gasteiger partial charge >= 0.3 is 5.97 Å². The first-order valence-electron chi connectivity index (χ1n) is 6.69. The Morgan fingerprint density at radius 1 is 1.35 bits per heavy atom. The molecule has 0 radical (unpaired) electrons. The van der Waals surface area contributed by atoms with E-state index in [2.05, 4.69) is 4.72 Å². The molecule has 1 aromatic rings. The average Bonchev–Trinajstić information content (AvgIpc) is 2.92. The maximum absolute atomic E-state index is 12.1. The number of hydrogen-bond donors (Lipinski definition) is 2. The molecule has 2 N–H and O–H groups in total. The summed E-state index contributed by atoms with van der Waals surface area (Å²) in [7, 11) is -3.51. The molecule has 20 heavy (non-hydrogen) atoms. The highest BCUT2D eigenvalue weighted by Gasteiger charge is 2.35. The summed E-state index contributed by atoms with van der Waals surface area (Å²) in [6.07, 6.45) is 4.60. The van der Waals surface area contributed by atoms with Gasteiger partial charge in [0, 0.05) is 6.54 Å². The van der Waals surface area contributed by atoms with Crippen LogP contribution in [-0.2, 0) is 14.8 Å². The van der Waals surface area contributed by atoms with E-state index in [0.29, 0.717) is 0 Å². The molecular formula is C13H19NO4S2. The van der Waals surface area contributed by atoms with Crippen LogP contribution >= 0.6 is 11.3 Å². The number of rotatable bonds is 6. The van der Waals surface area contributed by atoms with Crippen LogP contribution in [0.25, 0.3) is 0 Å². The number of nitrogens with one attached hydrogen (secondary N) is 1. The summed E-state index contributed by atoms with van der Waals surface area (Å²) in [5.41, 5.74) is -0.436. The van der Waals surface area contributed by atoms with Crippen molar-refractivity contribution in [2.24, 2.45) is 5.41 Å². The summed E-state index contributed by atoms with van der Waals surface area (Å²) in [5, 5.41) is 10.8. The van der Waals surface area contributed by atoms with Gasteiger partial charge in [0.1, 0.15) is 4.21 Å². The first kappa shape index (κ1) is 15.5. The lowest BCUT2D eigenvalue weighted by Gasteiger charge is -2.36. The van der Waals surface area contributed by atoms with Crippen molar-refractivity contribution in [1.29, 1.82) is 0 Å². The van der Waals surface area contributed by atoms with Gasteiger partial charge in [0.25, 0.3) is 0 Å². The number of hydrogen-bond acceptors (Lipinski definition) is 4. The zero-order chi connectivity index (χ0) is 14.6. The van der Waals surface area contributed by atoms with Crippen LogP contribution in [0.3, 0.4) is 0 Å². The summed E-state index contributed by atoms with van der Waals surface area (Å²) in [6.45, 7) is 0.208. The molecule has 112 valence electrons. The molecule has 0 unspecified atom stereocenters. The zero-order valence-electron chi connectivity index (χ0n) is 11.2. The number of carbonyl (C=O) groups is 1. The van der Waals surface area contributed by atoms with Crippen molar-refractivity contribution in [3.8, 4) is 0 Å². The van der Waals surface area contributed by atoms with Gasteiger partial charge in [-0.25, -0.2) is 13.1 Å². The third-order valence-corrected chi connectivity index (χ3v) is 6.64. The highest BCUT2D eigenvalue weighted by molar-refractivity contribution is 7.91. The van der Waals surface area contributed by atoms with Gasteiger partial charge in [-0.15, -0.1) is 11.3 Å². The highest BCUT2D eigenvalue weighted by atomic mass is 32.2. The summed E-state index contributed by atoms with van der Waals surface area (Å²) >= 11 is 1.16. The fourth-order valence-corrected chi connectivity index (χ4v) is 4.97. The highest BCUT2D eigenvalue weighted by Crippen LogP contribution is 2.39. The van der Waals surface area contributed by atoms with Gasteiger partial charge in [0.15, 0.2) is 0 Å². The third-order valence-electron chi connectivity index (χ3n) is 3.84. The number of carboxylic acid groups (broad SMARTS) is 1. The third kappa shape index (κ3) is 3.80. The van der Waals surface area contributed by atoms with Crippen LogP contribution < -0.4 is 4.72 Å². The minimum atomic E-state index is -3.51. The molecule has 5 nitrogen and oxygen atoms in total. The van der Waals surface area contributed by atoms with Crippen molar-refractivity contribution >= 4 is 27.3 Å². The Morgan fingerprint density at radius 3 is 2.60 bits per heavy atom. The average molecular weight is 317 g/mol. The normalized spacial score (nSPS) is 18.8. The lowest BCUT2D eigenvalue weighted by Crippen LogP contribution is -2.40. The molecule has 1 aromatic heterocycles. The predicted molar refractivity (Wildman–Crippen MR) is 77.3 cm³/mol. The quantitative estimate of drug-likeness (QED) is 0.844. The van der Waals surface area contributed by atoms with Crippen molar-refractivity contribution in [2.75, 3.05) is 6.54 Å². The second kappa shape index (κ2) is 6.24. The Balaban J connectivity index is 2.07. The van der Waals surface area contributed by atoms with Crippen molar-refractivity contribution in [1.82, 2.24) is 4.72 Å². The van der Waals surface area contributed by atoms with Crippen LogP contribution in [-0.4, -0.2) is 26.0 Å². The second-order valence-electron chi connectivity index (χ2n) is 5.39. The van der Waals surface area contributed by atoms with E-state index in [1.54, 1.807) is 17.5 Å². The number of carboxylic acids is 1. The molecule has 2 rings (SSSR count). The van der Waals surface area contributed by atoms with E-state index in [-0.39, 0.29) is 17.2 Å². The molecule has 1 heterocycles. The van der Waals surface area contributed by atoms with E-state index in [0.717, 1.165) is 43.4 Å². The summed E-state index contributed by atoms with van der Waals surface area (Å²) < 4.78 is 27.1. The molecule has 0 saturated heterocycles. The van der Waals surface area contributed by atoms with Crippen molar-refractivity contribution in [2.45, 2.75) is 42.7 Å². The molecule has 1 aliphatic rings. The zero-order valence-corrected chi connectivity index (χ0v) is 12.8. The van der Waals surface area contributed by atoms with Crippen LogP contribution in [0.5, 0.6) is 0 Å². The van der Waals surface area contributed by atoms with Crippen LogP contribution in [0, 0.1) is 5.41 Å². The molecule has 0 atom stereocenters. The van der Waals surface area contributed by atoms with Crippen LogP contribution in [0.2, 0.25) is 0 Å². The Labute approximate surface area is 123 Å². The van der Waals surface area contributed by atoms with Gasteiger partial charge in [-0.1, -0.05) is 25.3 Å². The first-order chi connectivity index (χ1) is 9.44. The predicted octanol–water partition coefficient (Wildman–Crippen LogP) is 2.45. The fraction of sp³-hybridized carbons (Fsp3) is 0.615. The molecule has 0 spiro atoms. The van der Waals surface area contributed by atoms with E-state index < -0.39 is 21.4 Å². The lowest BCUT2D eigenvalue weighted by atomic mass is 9.72. The van der Waals surface area contributed by atoms with Crippen molar-refractivity contribution < 1.29 is 18.3 Å². The van der Waals surface area contributed by atoms with Gasteiger partial charge in [0.05, 0.1) is 6.42 Å². The van der Waals surface area contributed by atoms with Gasteiger partial charge in [-0.05, 0) is 29.7 Å². The van der Waals surface area contributed by atoms with Crippen LogP contribution in [0.15, 0.2) is 21.7 Å². The molecule has 1 saturated carbocycles. The summed E-state index contributed by atoms with van der Waals surface area (Å²) in [6, 6.07) is 3.24. The monoisotopic (exact) mass is 317 g/mol. The Morgan fingerprint density at radius 2 is 2.05 bits per heavy atom. The molecular weight excluding hydrogens is 298 g/mol. The summed E-state index contributed by atoms with van der Waals surface area (Å²) in [5.74, 6) is -0.859. The fourth-order valence-electron chi connectivity index (χ4n) is 2.77. The minimum absolute atomic E-state index is 0.0277. The van der Waals surface area contributed by atoms with Gasteiger partial charge in [-0.2, -0.15) is 0 Å². The SMILES string of the molecule is O=C(O)CC1(CNS(=O)(=O)c2cccs2)CCCCC1. The van der Waals surface area contributed by atoms with E-state index in [9.17, 15) is 13.2 Å². The van der Waals surface area contributed by atoms with Crippen molar-refractivity contribution in [3.05, 3.63) is 17.5 Å². The number of aliphatic carboxylic acids is 1. The second-order valence-corrected chi connectivity index (χ2v) is 8.33. The first-order valence-corrected chi connectivity index (χ1v) is 9.05. The Hall–Kier alpha value is -0.920. The topological polar surface area (TPSA) is 83.5 Å². The molecule has 1 aliphatic carbocycles. The standard InChI is InChI=1S/C13H19NO4S2/c15-11(16)9-13(6-2-1-3-7-13)10-14-20(17,18)12-5-4-8-19-12/h4-5,8,14H,1-3,6-7,9-10H2,(H,15,16). The molecule has 0 aliphatic heterocycles. The number of sulfonamides is 1. The maximum atomic E-state index is 12.1. The Kier molecular flexibility index (Phi) is 4.82. The molecule has 0 bridgehead atoms. The smallest absolute Gasteiger partial charge is 0.303 e. The minimum Gasteiger partial charge on any atom is -0.481 e. The van der Waals surface area contributed by atoms with Gasteiger partial charge in [0.2, 0.25) is 10.0 Å². The van der Waals surface area contributed by atoms with E-state index in [4.69, 9.17) is 5.11 Å². The van der Waals surface area contributed by atoms with E-state index in [1.807, 2.05) is 0 Å². The van der Waals surface area contributed by atoms with E-state index >= 15 is 0 Å².